The molecule has 0 saturated carbocycles. The second kappa shape index (κ2) is 6.25. The first-order valence-electron chi connectivity index (χ1n) is 5.96. The highest BCUT2D eigenvalue weighted by atomic mass is 16.2. The lowest BCUT2D eigenvalue weighted by atomic mass is 10.1. The van der Waals surface area contributed by atoms with Crippen molar-refractivity contribution in [3.63, 3.8) is 0 Å². The SMILES string of the molecule is CCC(C)NC(=O)Nc1ccc(C(C)N)cc1. The summed E-state index contributed by atoms with van der Waals surface area (Å²) in [5, 5.41) is 5.62. The lowest BCUT2D eigenvalue weighted by Crippen LogP contribution is -2.35. The van der Waals surface area contributed by atoms with Gasteiger partial charge in [0.15, 0.2) is 0 Å². The minimum Gasteiger partial charge on any atom is -0.335 e. The van der Waals surface area contributed by atoms with E-state index in [1.165, 1.54) is 0 Å². The third-order valence-corrected chi connectivity index (χ3v) is 2.68. The fourth-order valence-corrected chi connectivity index (χ4v) is 1.36. The molecule has 0 aliphatic carbocycles. The Morgan fingerprint density at radius 3 is 2.35 bits per heavy atom. The number of urea groups is 1. The van der Waals surface area contributed by atoms with Gasteiger partial charge in [0.05, 0.1) is 0 Å². The molecule has 0 aliphatic rings. The topological polar surface area (TPSA) is 67.2 Å². The Labute approximate surface area is 103 Å². The second-order valence-corrected chi connectivity index (χ2v) is 4.32. The van der Waals surface area contributed by atoms with Gasteiger partial charge in [-0.2, -0.15) is 0 Å². The highest BCUT2D eigenvalue weighted by molar-refractivity contribution is 5.89. The van der Waals surface area contributed by atoms with Gasteiger partial charge in [-0.3, -0.25) is 0 Å². The smallest absolute Gasteiger partial charge is 0.319 e. The zero-order valence-electron chi connectivity index (χ0n) is 10.7. The van der Waals surface area contributed by atoms with Crippen LogP contribution in [0.25, 0.3) is 0 Å². The van der Waals surface area contributed by atoms with Gasteiger partial charge >= 0.3 is 6.03 Å². The molecule has 4 heteroatoms. The van der Waals surface area contributed by atoms with Crippen molar-refractivity contribution in [1.29, 1.82) is 0 Å². The van der Waals surface area contributed by atoms with Gasteiger partial charge in [0, 0.05) is 17.8 Å². The molecule has 2 unspecified atom stereocenters. The first-order valence-corrected chi connectivity index (χ1v) is 5.96. The molecule has 4 nitrogen and oxygen atoms in total. The Morgan fingerprint density at radius 1 is 1.29 bits per heavy atom. The molecule has 0 aromatic heterocycles. The molecule has 94 valence electrons. The Bertz CT molecular complexity index is 359. The molecule has 0 aliphatic heterocycles. The number of nitrogens with one attached hydrogen (secondary N) is 2. The van der Waals surface area contributed by atoms with Crippen LogP contribution in [0, 0.1) is 0 Å². The molecular weight excluding hydrogens is 214 g/mol. The highest BCUT2D eigenvalue weighted by Gasteiger charge is 2.05. The molecule has 1 rings (SSSR count). The maximum absolute atomic E-state index is 11.6. The number of hydrogen-bond acceptors (Lipinski definition) is 2. The predicted molar refractivity (Wildman–Crippen MR) is 71.0 cm³/mol. The Kier molecular flexibility index (Phi) is 4.97. The van der Waals surface area contributed by atoms with Crippen molar-refractivity contribution in [1.82, 2.24) is 5.32 Å². The van der Waals surface area contributed by atoms with Crippen LogP contribution in [0.2, 0.25) is 0 Å². The van der Waals surface area contributed by atoms with Crippen molar-refractivity contribution in [3.8, 4) is 0 Å². The van der Waals surface area contributed by atoms with Crippen LogP contribution in [0.1, 0.15) is 38.8 Å². The Morgan fingerprint density at radius 2 is 1.88 bits per heavy atom. The van der Waals surface area contributed by atoms with Crippen LogP contribution >= 0.6 is 0 Å². The van der Waals surface area contributed by atoms with Crippen LogP contribution in [0.4, 0.5) is 10.5 Å². The van der Waals surface area contributed by atoms with Gasteiger partial charge < -0.3 is 16.4 Å². The lowest BCUT2D eigenvalue weighted by Gasteiger charge is -2.13. The third-order valence-electron chi connectivity index (χ3n) is 2.68. The number of anilines is 1. The van der Waals surface area contributed by atoms with Gasteiger partial charge in [0.2, 0.25) is 0 Å². The van der Waals surface area contributed by atoms with E-state index in [4.69, 9.17) is 5.73 Å². The highest BCUT2D eigenvalue weighted by Crippen LogP contribution is 2.13. The van der Waals surface area contributed by atoms with Crippen LogP contribution in [-0.2, 0) is 0 Å². The molecule has 2 atom stereocenters. The summed E-state index contributed by atoms with van der Waals surface area (Å²) in [6, 6.07) is 7.57. The van der Waals surface area contributed by atoms with Gasteiger partial charge in [-0.25, -0.2) is 4.79 Å². The first kappa shape index (κ1) is 13.5. The fourth-order valence-electron chi connectivity index (χ4n) is 1.36. The number of rotatable bonds is 4. The third kappa shape index (κ3) is 4.44. The molecule has 1 aromatic rings. The molecule has 0 radical (unpaired) electrons. The number of nitrogens with two attached hydrogens (primary N) is 1. The average Bonchev–Trinajstić information content (AvgIpc) is 2.29. The molecular formula is C13H21N3O. The predicted octanol–water partition coefficient (Wildman–Crippen LogP) is 2.63. The standard InChI is InChI=1S/C13H21N3O/c1-4-9(2)15-13(17)16-12-7-5-11(6-8-12)10(3)14/h5-10H,4,14H2,1-3H3,(H2,15,16,17). The van der Waals surface area contributed by atoms with Crippen molar-refractivity contribution in [2.45, 2.75) is 39.3 Å². The molecule has 1 aromatic carbocycles. The maximum Gasteiger partial charge on any atom is 0.319 e. The molecule has 0 bridgehead atoms. The summed E-state index contributed by atoms with van der Waals surface area (Å²) in [6.07, 6.45) is 0.914. The van der Waals surface area contributed by atoms with E-state index in [0.29, 0.717) is 0 Å². The van der Waals surface area contributed by atoms with Crippen molar-refractivity contribution in [2.75, 3.05) is 5.32 Å². The molecule has 0 spiro atoms. The quantitative estimate of drug-likeness (QED) is 0.751. The lowest BCUT2D eigenvalue weighted by molar-refractivity contribution is 0.249. The molecule has 17 heavy (non-hydrogen) atoms. The van der Waals surface area contributed by atoms with Gasteiger partial charge in [-0.05, 0) is 38.0 Å². The molecule has 4 N–H and O–H groups in total. The molecule has 0 heterocycles. The summed E-state index contributed by atoms with van der Waals surface area (Å²) in [5.41, 5.74) is 7.58. The minimum absolute atomic E-state index is 0.0120. The van der Waals surface area contributed by atoms with E-state index in [-0.39, 0.29) is 18.1 Å². The monoisotopic (exact) mass is 235 g/mol. The first-order chi connectivity index (χ1) is 8.02. The molecule has 0 fully saturated rings. The average molecular weight is 235 g/mol. The zero-order valence-corrected chi connectivity index (χ0v) is 10.7. The minimum atomic E-state index is -0.173. The van der Waals surface area contributed by atoms with Crippen molar-refractivity contribution >= 4 is 11.7 Å². The van der Waals surface area contributed by atoms with Gasteiger partial charge in [-0.15, -0.1) is 0 Å². The van der Waals surface area contributed by atoms with E-state index in [1.807, 2.05) is 45.0 Å². The van der Waals surface area contributed by atoms with Gasteiger partial charge in [-0.1, -0.05) is 19.1 Å². The van der Waals surface area contributed by atoms with E-state index in [2.05, 4.69) is 10.6 Å². The number of hydrogen-bond donors (Lipinski definition) is 3. The summed E-state index contributed by atoms with van der Waals surface area (Å²) >= 11 is 0. The summed E-state index contributed by atoms with van der Waals surface area (Å²) in [5.74, 6) is 0. The van der Waals surface area contributed by atoms with E-state index < -0.39 is 0 Å². The van der Waals surface area contributed by atoms with Crippen LogP contribution < -0.4 is 16.4 Å². The number of carbonyl (C=O) groups is 1. The number of amides is 2. The van der Waals surface area contributed by atoms with E-state index in [0.717, 1.165) is 17.7 Å². The van der Waals surface area contributed by atoms with Crippen LogP contribution in [0.5, 0.6) is 0 Å². The van der Waals surface area contributed by atoms with Crippen molar-refractivity contribution < 1.29 is 4.79 Å². The normalized spacial score (nSPS) is 13.9. The van der Waals surface area contributed by atoms with Crippen LogP contribution in [0.3, 0.4) is 0 Å². The summed E-state index contributed by atoms with van der Waals surface area (Å²) < 4.78 is 0. The van der Waals surface area contributed by atoms with Crippen molar-refractivity contribution in [2.24, 2.45) is 5.73 Å². The number of carbonyl (C=O) groups excluding carboxylic acids is 1. The fraction of sp³-hybridized carbons (Fsp3) is 0.462. The largest absolute Gasteiger partial charge is 0.335 e. The maximum atomic E-state index is 11.6. The second-order valence-electron chi connectivity index (χ2n) is 4.32. The van der Waals surface area contributed by atoms with Gasteiger partial charge in [0.25, 0.3) is 0 Å². The van der Waals surface area contributed by atoms with Crippen molar-refractivity contribution in [3.05, 3.63) is 29.8 Å². The summed E-state index contributed by atoms with van der Waals surface area (Å²) in [4.78, 5) is 11.6. The number of benzene rings is 1. The molecule has 2 amide bonds. The van der Waals surface area contributed by atoms with E-state index in [1.54, 1.807) is 0 Å². The summed E-state index contributed by atoms with van der Waals surface area (Å²) in [6.45, 7) is 5.93. The van der Waals surface area contributed by atoms with Gasteiger partial charge in [0.1, 0.15) is 0 Å². The molecule has 0 saturated heterocycles. The van der Waals surface area contributed by atoms with E-state index >= 15 is 0 Å². The van der Waals surface area contributed by atoms with Crippen LogP contribution in [0.15, 0.2) is 24.3 Å². The van der Waals surface area contributed by atoms with E-state index in [9.17, 15) is 4.79 Å². The summed E-state index contributed by atoms with van der Waals surface area (Å²) in [7, 11) is 0. The Hall–Kier alpha value is -1.55. The zero-order chi connectivity index (χ0) is 12.8. The van der Waals surface area contributed by atoms with Crippen LogP contribution in [-0.4, -0.2) is 12.1 Å². The Balaban J connectivity index is 2.54.